The molecule has 1 atom stereocenters. The molecule has 1 aromatic rings. The molecule has 1 saturated carbocycles. The lowest BCUT2D eigenvalue weighted by Crippen LogP contribution is -2.30. The van der Waals surface area contributed by atoms with Crippen molar-refractivity contribution in [2.45, 2.75) is 20.3 Å². The van der Waals surface area contributed by atoms with Crippen LogP contribution >= 0.6 is 11.6 Å². The first-order valence-corrected chi connectivity index (χ1v) is 6.61. The maximum atomic E-state index is 11.7. The number of hydrogen-bond donors (Lipinski definition) is 2. The van der Waals surface area contributed by atoms with E-state index in [0.717, 1.165) is 12.2 Å². The second-order valence-electron chi connectivity index (χ2n) is 5.58. The summed E-state index contributed by atoms with van der Waals surface area (Å²) >= 11 is 5.85. The highest BCUT2D eigenvalue weighted by atomic mass is 35.5. The van der Waals surface area contributed by atoms with E-state index < -0.39 is 0 Å². The molecule has 18 heavy (non-hydrogen) atoms. The molecule has 1 aromatic carbocycles. The zero-order chi connectivity index (χ0) is 13.2. The second-order valence-corrected chi connectivity index (χ2v) is 6.02. The summed E-state index contributed by atoms with van der Waals surface area (Å²) in [5.41, 5.74) is 1.19. The molecule has 98 valence electrons. The number of rotatable bonds is 5. The average molecular weight is 267 g/mol. The van der Waals surface area contributed by atoms with Gasteiger partial charge >= 0.3 is 0 Å². The molecule has 1 unspecified atom stereocenters. The van der Waals surface area contributed by atoms with Crippen molar-refractivity contribution in [2.75, 3.05) is 18.4 Å². The lowest BCUT2D eigenvalue weighted by atomic mass is 10.1. The minimum Gasteiger partial charge on any atom is -0.325 e. The third-order valence-electron chi connectivity index (χ3n) is 3.50. The molecule has 1 fully saturated rings. The van der Waals surface area contributed by atoms with Crippen LogP contribution in [-0.4, -0.2) is 19.0 Å². The molecule has 4 heteroatoms. The molecule has 0 spiro atoms. The largest absolute Gasteiger partial charge is 0.325 e. The molecule has 0 aliphatic heterocycles. The van der Waals surface area contributed by atoms with Crippen molar-refractivity contribution in [3.63, 3.8) is 0 Å². The predicted octanol–water partition coefficient (Wildman–Crippen LogP) is 2.91. The molecule has 2 N–H and O–H groups in total. The van der Waals surface area contributed by atoms with E-state index >= 15 is 0 Å². The summed E-state index contributed by atoms with van der Waals surface area (Å²) in [6, 6.07) is 7.17. The topological polar surface area (TPSA) is 41.1 Å². The number of nitrogens with one attached hydrogen (secondary N) is 2. The SMILES string of the molecule is CC1(C)CC1CNCC(=O)Nc1cccc(Cl)c1. The van der Waals surface area contributed by atoms with E-state index in [1.807, 2.05) is 12.1 Å². The van der Waals surface area contributed by atoms with Crippen LogP contribution in [0.15, 0.2) is 24.3 Å². The van der Waals surface area contributed by atoms with Crippen LogP contribution < -0.4 is 10.6 Å². The molecule has 1 aliphatic rings. The first-order valence-electron chi connectivity index (χ1n) is 6.23. The van der Waals surface area contributed by atoms with Gasteiger partial charge in [-0.15, -0.1) is 0 Å². The van der Waals surface area contributed by atoms with Crippen LogP contribution in [0.2, 0.25) is 5.02 Å². The molecule has 0 heterocycles. The van der Waals surface area contributed by atoms with Gasteiger partial charge in [-0.25, -0.2) is 0 Å². The minimum absolute atomic E-state index is 0.0317. The van der Waals surface area contributed by atoms with Crippen molar-refractivity contribution in [1.29, 1.82) is 0 Å². The second kappa shape index (κ2) is 5.29. The van der Waals surface area contributed by atoms with Crippen molar-refractivity contribution in [2.24, 2.45) is 11.3 Å². The van der Waals surface area contributed by atoms with Crippen molar-refractivity contribution in [1.82, 2.24) is 5.32 Å². The predicted molar refractivity (Wildman–Crippen MR) is 74.8 cm³/mol. The van der Waals surface area contributed by atoms with Crippen molar-refractivity contribution in [3.05, 3.63) is 29.3 Å². The quantitative estimate of drug-likeness (QED) is 0.860. The van der Waals surface area contributed by atoms with Gasteiger partial charge in [-0.2, -0.15) is 0 Å². The Morgan fingerprint density at radius 3 is 2.83 bits per heavy atom. The third-order valence-corrected chi connectivity index (χ3v) is 3.74. The maximum Gasteiger partial charge on any atom is 0.238 e. The Kier molecular flexibility index (Phi) is 3.93. The van der Waals surface area contributed by atoms with Gasteiger partial charge in [-0.3, -0.25) is 4.79 Å². The van der Waals surface area contributed by atoms with Crippen LogP contribution in [0.1, 0.15) is 20.3 Å². The smallest absolute Gasteiger partial charge is 0.238 e. The molecule has 1 aliphatic carbocycles. The fourth-order valence-corrected chi connectivity index (χ4v) is 2.25. The first-order chi connectivity index (χ1) is 8.47. The van der Waals surface area contributed by atoms with E-state index in [2.05, 4.69) is 24.5 Å². The van der Waals surface area contributed by atoms with Gasteiger partial charge in [0.15, 0.2) is 0 Å². The number of carbonyl (C=O) groups excluding carboxylic acids is 1. The van der Waals surface area contributed by atoms with Crippen LogP contribution in [0.4, 0.5) is 5.69 Å². The molecular weight excluding hydrogens is 248 g/mol. The van der Waals surface area contributed by atoms with Gasteiger partial charge < -0.3 is 10.6 Å². The molecule has 0 bridgehead atoms. The number of anilines is 1. The third kappa shape index (κ3) is 3.72. The molecule has 0 saturated heterocycles. The monoisotopic (exact) mass is 266 g/mol. The Bertz CT molecular complexity index is 445. The van der Waals surface area contributed by atoms with Crippen LogP contribution in [0, 0.1) is 11.3 Å². The summed E-state index contributed by atoms with van der Waals surface area (Å²) in [5, 5.41) is 6.63. The Hall–Kier alpha value is -1.06. The van der Waals surface area contributed by atoms with Crippen molar-refractivity contribution in [3.8, 4) is 0 Å². The highest BCUT2D eigenvalue weighted by molar-refractivity contribution is 6.30. The molecule has 3 nitrogen and oxygen atoms in total. The van der Waals surface area contributed by atoms with E-state index in [9.17, 15) is 4.79 Å². The summed E-state index contributed by atoms with van der Waals surface area (Å²) in [7, 11) is 0. The molecule has 1 amide bonds. The van der Waals surface area contributed by atoms with Gasteiger partial charge in [0.1, 0.15) is 0 Å². The van der Waals surface area contributed by atoms with Crippen molar-refractivity contribution >= 4 is 23.2 Å². The zero-order valence-electron chi connectivity index (χ0n) is 10.8. The maximum absolute atomic E-state index is 11.7. The van der Waals surface area contributed by atoms with Gasteiger partial charge in [0.05, 0.1) is 6.54 Å². The van der Waals surface area contributed by atoms with E-state index in [1.165, 1.54) is 6.42 Å². The fraction of sp³-hybridized carbons (Fsp3) is 0.500. The van der Waals surface area contributed by atoms with Crippen molar-refractivity contribution < 1.29 is 4.79 Å². The Balaban J connectivity index is 1.69. The number of halogens is 1. The molecule has 0 aromatic heterocycles. The first kappa shape index (κ1) is 13.4. The lowest BCUT2D eigenvalue weighted by Gasteiger charge is -2.07. The molecule has 0 radical (unpaired) electrons. The Morgan fingerprint density at radius 1 is 1.50 bits per heavy atom. The summed E-state index contributed by atoms with van der Waals surface area (Å²) in [6.45, 7) is 5.77. The van der Waals surface area contributed by atoms with E-state index in [-0.39, 0.29) is 5.91 Å². The fourth-order valence-electron chi connectivity index (χ4n) is 2.06. The lowest BCUT2D eigenvalue weighted by molar-refractivity contribution is -0.115. The molecular formula is C14H19ClN2O. The van der Waals surface area contributed by atoms with Gasteiger partial charge in [0.2, 0.25) is 5.91 Å². The van der Waals surface area contributed by atoms with E-state index in [1.54, 1.807) is 12.1 Å². The van der Waals surface area contributed by atoms with Crippen LogP contribution in [-0.2, 0) is 4.79 Å². The van der Waals surface area contributed by atoms with Gasteiger partial charge in [0.25, 0.3) is 0 Å². The number of amides is 1. The summed E-state index contributed by atoms with van der Waals surface area (Å²) in [6.07, 6.45) is 1.25. The zero-order valence-corrected chi connectivity index (χ0v) is 11.6. The van der Waals surface area contributed by atoms with E-state index in [0.29, 0.717) is 22.9 Å². The number of benzene rings is 1. The number of carbonyl (C=O) groups is 1. The summed E-state index contributed by atoms with van der Waals surface area (Å²) in [5.74, 6) is 0.673. The van der Waals surface area contributed by atoms with Gasteiger partial charge in [-0.05, 0) is 42.5 Å². The summed E-state index contributed by atoms with van der Waals surface area (Å²) < 4.78 is 0. The highest BCUT2D eigenvalue weighted by Gasteiger charge is 2.44. The van der Waals surface area contributed by atoms with E-state index in [4.69, 9.17) is 11.6 Å². The molecule has 2 rings (SSSR count). The minimum atomic E-state index is -0.0317. The van der Waals surface area contributed by atoms with Gasteiger partial charge in [0, 0.05) is 10.7 Å². The Morgan fingerprint density at radius 2 is 2.22 bits per heavy atom. The highest BCUT2D eigenvalue weighted by Crippen LogP contribution is 2.50. The average Bonchev–Trinajstić information content (AvgIpc) is 2.86. The van der Waals surface area contributed by atoms with Crippen LogP contribution in [0.3, 0.4) is 0 Å². The number of hydrogen-bond acceptors (Lipinski definition) is 2. The van der Waals surface area contributed by atoms with Crippen LogP contribution in [0.5, 0.6) is 0 Å². The standard InChI is InChI=1S/C14H19ClN2O/c1-14(2)7-10(14)8-16-9-13(18)17-12-5-3-4-11(15)6-12/h3-6,10,16H,7-9H2,1-2H3,(H,17,18). The Labute approximate surface area is 113 Å². The normalized spacial score (nSPS) is 20.5. The van der Waals surface area contributed by atoms with Gasteiger partial charge in [-0.1, -0.05) is 31.5 Å². The summed E-state index contributed by atoms with van der Waals surface area (Å²) in [4.78, 5) is 11.7. The van der Waals surface area contributed by atoms with Crippen LogP contribution in [0.25, 0.3) is 0 Å².